The van der Waals surface area contributed by atoms with Crippen LogP contribution in [0.15, 0.2) is 16.6 Å². The van der Waals surface area contributed by atoms with E-state index in [0.29, 0.717) is 0 Å². The number of alkyl halides is 3. The highest BCUT2D eigenvalue weighted by Crippen LogP contribution is 2.38. The van der Waals surface area contributed by atoms with Crippen LogP contribution < -0.4 is 5.73 Å². The van der Waals surface area contributed by atoms with Gasteiger partial charge in [0.15, 0.2) is 0 Å². The Balaban J connectivity index is 0.00000289. The third kappa shape index (κ3) is 3.50. The molecule has 9 heteroatoms. The van der Waals surface area contributed by atoms with Gasteiger partial charge < -0.3 is 15.9 Å². The molecule has 0 aliphatic heterocycles. The number of aromatic hydroxyl groups is 1. The molecule has 1 atom stereocenters. The number of aromatic carboxylic acids is 1. The monoisotopic (exact) mass is 349 g/mol. The van der Waals surface area contributed by atoms with Gasteiger partial charge in [-0.05, 0) is 12.1 Å². The van der Waals surface area contributed by atoms with Crippen LogP contribution in [0.1, 0.15) is 22.0 Å². The molecule has 0 aliphatic rings. The molecule has 0 aliphatic carbocycles. The molecular formula is C9H8BrClF3NO3. The number of hydrogen-bond donors (Lipinski definition) is 3. The lowest BCUT2D eigenvalue weighted by Gasteiger charge is -2.18. The SMILES string of the molecule is Cl.N[C@H](c1cc(Br)cc(C(=O)O)c1O)C(F)(F)F. The van der Waals surface area contributed by atoms with Gasteiger partial charge in [0.1, 0.15) is 17.4 Å². The van der Waals surface area contributed by atoms with Gasteiger partial charge >= 0.3 is 12.1 Å². The van der Waals surface area contributed by atoms with E-state index in [1.54, 1.807) is 0 Å². The summed E-state index contributed by atoms with van der Waals surface area (Å²) in [7, 11) is 0. The first-order valence-electron chi connectivity index (χ1n) is 4.22. The Bertz CT molecular complexity index is 467. The molecule has 0 spiro atoms. The predicted molar refractivity (Wildman–Crippen MR) is 63.0 cm³/mol. The van der Waals surface area contributed by atoms with Crippen molar-refractivity contribution in [2.75, 3.05) is 0 Å². The third-order valence-corrected chi connectivity index (χ3v) is 2.48. The Morgan fingerprint density at radius 3 is 2.28 bits per heavy atom. The highest BCUT2D eigenvalue weighted by Gasteiger charge is 2.40. The van der Waals surface area contributed by atoms with E-state index in [4.69, 9.17) is 10.8 Å². The van der Waals surface area contributed by atoms with E-state index >= 15 is 0 Å². The van der Waals surface area contributed by atoms with E-state index in [0.717, 1.165) is 12.1 Å². The zero-order valence-corrected chi connectivity index (χ0v) is 10.9. The fourth-order valence-corrected chi connectivity index (χ4v) is 1.67. The van der Waals surface area contributed by atoms with Crippen molar-refractivity contribution >= 4 is 34.3 Å². The first-order chi connectivity index (χ1) is 7.64. The minimum Gasteiger partial charge on any atom is -0.507 e. The maximum absolute atomic E-state index is 12.4. The molecule has 1 aromatic rings. The minimum atomic E-state index is -4.77. The van der Waals surface area contributed by atoms with Gasteiger partial charge in [0.25, 0.3) is 0 Å². The van der Waals surface area contributed by atoms with Crippen LogP contribution in [-0.2, 0) is 0 Å². The van der Waals surface area contributed by atoms with Crippen LogP contribution in [0.2, 0.25) is 0 Å². The van der Waals surface area contributed by atoms with Crippen molar-refractivity contribution in [3.8, 4) is 5.75 Å². The summed E-state index contributed by atoms with van der Waals surface area (Å²) in [6.07, 6.45) is -4.77. The average Bonchev–Trinajstić information content (AvgIpc) is 2.18. The molecule has 0 unspecified atom stereocenters. The van der Waals surface area contributed by atoms with Crippen LogP contribution in [0.5, 0.6) is 5.75 Å². The third-order valence-electron chi connectivity index (χ3n) is 2.02. The molecule has 1 aromatic carbocycles. The Hall–Kier alpha value is -0.990. The van der Waals surface area contributed by atoms with Gasteiger partial charge in [-0.1, -0.05) is 15.9 Å². The zero-order valence-electron chi connectivity index (χ0n) is 8.53. The van der Waals surface area contributed by atoms with E-state index in [2.05, 4.69) is 15.9 Å². The number of hydrogen-bond acceptors (Lipinski definition) is 3. The number of nitrogens with two attached hydrogens (primary N) is 1. The normalized spacial score (nSPS) is 12.7. The highest BCUT2D eigenvalue weighted by molar-refractivity contribution is 9.10. The topological polar surface area (TPSA) is 83.6 Å². The molecule has 0 fully saturated rings. The molecule has 0 saturated carbocycles. The zero-order chi connectivity index (χ0) is 13.4. The largest absolute Gasteiger partial charge is 0.507 e. The van der Waals surface area contributed by atoms with Crippen LogP contribution >= 0.6 is 28.3 Å². The molecule has 4 N–H and O–H groups in total. The average molecular weight is 351 g/mol. The van der Waals surface area contributed by atoms with E-state index in [1.807, 2.05) is 0 Å². The van der Waals surface area contributed by atoms with Crippen LogP contribution in [0.3, 0.4) is 0 Å². The van der Waals surface area contributed by atoms with Crippen LogP contribution in [0.25, 0.3) is 0 Å². The van der Waals surface area contributed by atoms with Gasteiger partial charge in [0.2, 0.25) is 0 Å². The smallest absolute Gasteiger partial charge is 0.407 e. The number of halogens is 5. The standard InChI is InChI=1S/C9H7BrF3NO3.ClH/c10-3-1-4(7(14)9(11,12)13)6(15)5(2-3)8(16)17;/h1-2,7,15H,14H2,(H,16,17);1H/t7-;/m1./s1. The van der Waals surface area contributed by atoms with Gasteiger partial charge in [-0.15, -0.1) is 12.4 Å². The summed E-state index contributed by atoms with van der Waals surface area (Å²) in [5.74, 6) is -2.52. The lowest BCUT2D eigenvalue weighted by molar-refractivity contribution is -0.149. The second-order valence-electron chi connectivity index (χ2n) is 3.22. The van der Waals surface area contributed by atoms with Crippen LogP contribution in [0, 0.1) is 0 Å². The van der Waals surface area contributed by atoms with Gasteiger partial charge in [-0.25, -0.2) is 4.79 Å². The Kier molecular flexibility index (Phi) is 5.45. The van der Waals surface area contributed by atoms with Crippen molar-refractivity contribution in [3.05, 3.63) is 27.7 Å². The van der Waals surface area contributed by atoms with Gasteiger partial charge in [0, 0.05) is 10.0 Å². The van der Waals surface area contributed by atoms with E-state index < -0.39 is 35.1 Å². The molecular weight excluding hydrogens is 342 g/mol. The Morgan fingerprint density at radius 1 is 1.39 bits per heavy atom. The van der Waals surface area contributed by atoms with Crippen molar-refractivity contribution in [2.24, 2.45) is 5.73 Å². The Morgan fingerprint density at radius 2 is 1.89 bits per heavy atom. The van der Waals surface area contributed by atoms with Crippen molar-refractivity contribution in [1.29, 1.82) is 0 Å². The molecule has 0 aromatic heterocycles. The van der Waals surface area contributed by atoms with E-state index in [-0.39, 0.29) is 16.9 Å². The summed E-state index contributed by atoms with van der Waals surface area (Å²) in [6, 6.07) is -0.525. The highest BCUT2D eigenvalue weighted by atomic mass is 79.9. The predicted octanol–water partition coefficient (Wildman–Crippen LogP) is 2.84. The molecule has 102 valence electrons. The Labute approximate surface area is 114 Å². The number of carbonyl (C=O) groups is 1. The molecule has 1 rings (SSSR count). The van der Waals surface area contributed by atoms with E-state index in [1.165, 1.54) is 0 Å². The van der Waals surface area contributed by atoms with Crippen LogP contribution in [0.4, 0.5) is 13.2 Å². The minimum absolute atomic E-state index is 0. The molecule has 4 nitrogen and oxygen atoms in total. The quantitative estimate of drug-likeness (QED) is 0.766. The van der Waals surface area contributed by atoms with Crippen molar-refractivity contribution in [1.82, 2.24) is 0 Å². The number of phenols is 1. The summed E-state index contributed by atoms with van der Waals surface area (Å²) in [6.45, 7) is 0. The maximum atomic E-state index is 12.4. The number of rotatable bonds is 2. The molecule has 0 radical (unpaired) electrons. The molecule has 0 bridgehead atoms. The van der Waals surface area contributed by atoms with Crippen molar-refractivity contribution in [3.63, 3.8) is 0 Å². The van der Waals surface area contributed by atoms with E-state index in [9.17, 15) is 23.1 Å². The molecule has 0 saturated heterocycles. The summed E-state index contributed by atoms with van der Waals surface area (Å²) >= 11 is 2.85. The second kappa shape index (κ2) is 5.77. The lowest BCUT2D eigenvalue weighted by Crippen LogP contribution is -2.28. The second-order valence-corrected chi connectivity index (χ2v) is 4.13. The van der Waals surface area contributed by atoms with Crippen LogP contribution in [-0.4, -0.2) is 22.4 Å². The number of benzene rings is 1. The maximum Gasteiger partial charge on any atom is 0.407 e. The fourth-order valence-electron chi connectivity index (χ4n) is 1.20. The summed E-state index contributed by atoms with van der Waals surface area (Å²) < 4.78 is 37.2. The summed E-state index contributed by atoms with van der Waals surface area (Å²) in [5.41, 5.74) is 3.58. The first kappa shape index (κ1) is 17.0. The van der Waals surface area contributed by atoms with Gasteiger partial charge in [-0.3, -0.25) is 0 Å². The molecule has 0 amide bonds. The fraction of sp³-hybridized carbons (Fsp3) is 0.222. The lowest BCUT2D eigenvalue weighted by atomic mass is 10.0. The van der Waals surface area contributed by atoms with Crippen molar-refractivity contribution < 1.29 is 28.2 Å². The van der Waals surface area contributed by atoms with Gasteiger partial charge in [-0.2, -0.15) is 13.2 Å². The summed E-state index contributed by atoms with van der Waals surface area (Å²) in [4.78, 5) is 10.7. The number of carboxylic acids is 1. The molecule has 18 heavy (non-hydrogen) atoms. The number of carboxylic acid groups (broad SMARTS) is 1. The molecule has 0 heterocycles. The first-order valence-corrected chi connectivity index (χ1v) is 5.02. The van der Waals surface area contributed by atoms with Crippen molar-refractivity contribution in [2.45, 2.75) is 12.2 Å². The van der Waals surface area contributed by atoms with Gasteiger partial charge in [0.05, 0.1) is 0 Å². The summed E-state index contributed by atoms with van der Waals surface area (Å²) in [5, 5.41) is 18.1.